The highest BCUT2D eigenvalue weighted by Crippen LogP contribution is 2.41. The Labute approximate surface area is 651 Å². The first-order chi connectivity index (χ1) is 49.3. The van der Waals surface area contributed by atoms with E-state index in [0.29, 0.717) is 19.3 Å². The third-order valence-electron chi connectivity index (χ3n) is 19.7. The molecule has 0 aromatic heterocycles. The van der Waals surface area contributed by atoms with Crippen molar-refractivity contribution in [3.63, 3.8) is 0 Å². The van der Waals surface area contributed by atoms with Gasteiger partial charge in [0.25, 0.3) is 0 Å². The van der Waals surface area contributed by atoms with Crippen LogP contribution in [0.1, 0.15) is 232 Å². The maximum atomic E-state index is 14.4. The van der Waals surface area contributed by atoms with Crippen LogP contribution in [0.2, 0.25) is 0 Å². The summed E-state index contributed by atoms with van der Waals surface area (Å²) < 4.78 is 56.6. The van der Waals surface area contributed by atoms with Crippen molar-refractivity contribution in [2.24, 2.45) is 48.7 Å². The van der Waals surface area contributed by atoms with Crippen molar-refractivity contribution < 1.29 is 117 Å². The highest BCUT2D eigenvalue weighted by atomic mass is 16.7. The Balaban J connectivity index is 2.38. The molecule has 640 valence electrons. The van der Waals surface area contributed by atoms with Crippen molar-refractivity contribution in [2.45, 2.75) is 341 Å². The first-order valence-electron chi connectivity index (χ1n) is 38.6. The van der Waals surface area contributed by atoms with Crippen LogP contribution in [-0.2, 0) is 71.4 Å². The first-order valence-corrected chi connectivity index (χ1v) is 38.6. The smallest absolute Gasteiger partial charge is 0.225 e. The summed E-state index contributed by atoms with van der Waals surface area (Å²) in [6.45, 7) is 50.7. The van der Waals surface area contributed by atoms with Crippen LogP contribution in [0, 0.1) is 48.7 Å². The van der Waals surface area contributed by atoms with Gasteiger partial charge < -0.3 is 120 Å². The van der Waals surface area contributed by atoms with Crippen LogP contribution in [0.15, 0.2) is 0 Å². The fourth-order valence-corrected chi connectivity index (χ4v) is 16.0. The molecule has 109 heavy (non-hydrogen) atoms. The second-order valence-electron chi connectivity index (χ2n) is 39.6. The average Bonchev–Trinajstić information content (AvgIpc) is 0.791. The van der Waals surface area contributed by atoms with Crippen molar-refractivity contribution in [1.82, 2.24) is 31.9 Å². The van der Waals surface area contributed by atoms with E-state index in [-0.39, 0.29) is 89.7 Å². The van der Waals surface area contributed by atoms with Crippen LogP contribution in [0.3, 0.4) is 0 Å². The molecule has 2 saturated heterocycles. The van der Waals surface area contributed by atoms with Gasteiger partial charge in [-0.2, -0.15) is 0 Å². The van der Waals surface area contributed by atoms with Gasteiger partial charge in [0, 0.05) is 56.7 Å². The average molecular weight is 1570 g/mol. The summed E-state index contributed by atoms with van der Waals surface area (Å²) in [5.74, 6) is -2.02. The molecule has 15 atom stereocenters. The van der Waals surface area contributed by atoms with Gasteiger partial charge in [-0.1, -0.05) is 125 Å². The molecule has 15 N–H and O–H groups in total. The van der Waals surface area contributed by atoms with E-state index < -0.39 is 202 Å². The number of amides is 6. The molecule has 0 aromatic carbocycles. The molecule has 0 radical (unpaired) electrons. The Hall–Kier alpha value is -3.90. The largest absolute Gasteiger partial charge is 0.394 e. The lowest BCUT2D eigenvalue weighted by Crippen LogP contribution is -2.64. The summed E-state index contributed by atoms with van der Waals surface area (Å²) in [6, 6.07) is -3.19. The van der Waals surface area contributed by atoms with Crippen molar-refractivity contribution in [3.05, 3.63) is 0 Å². The quantitative estimate of drug-likeness (QED) is 0.0380. The Bertz CT molecular complexity index is 2840. The maximum absolute atomic E-state index is 14.4. The third kappa shape index (κ3) is 35.4. The number of hydrogen-bond acceptors (Lipinski definition) is 24. The van der Waals surface area contributed by atoms with Crippen LogP contribution >= 0.6 is 0 Å². The van der Waals surface area contributed by atoms with Crippen LogP contribution < -0.4 is 31.9 Å². The van der Waals surface area contributed by atoms with Gasteiger partial charge >= 0.3 is 0 Å². The van der Waals surface area contributed by atoms with Gasteiger partial charge in [0.05, 0.1) is 82.4 Å². The van der Waals surface area contributed by atoms with E-state index in [1.165, 1.54) is 27.7 Å². The molecule has 2 rings (SSSR count). The summed E-state index contributed by atoms with van der Waals surface area (Å²) in [6.07, 6.45) is -12.2. The third-order valence-corrected chi connectivity index (χ3v) is 19.7. The Kier molecular flexibility index (Phi) is 38.1. The second-order valence-corrected chi connectivity index (χ2v) is 39.6. The molecule has 0 bridgehead atoms. The molecule has 2 heterocycles. The molecule has 0 aliphatic carbocycles. The van der Waals surface area contributed by atoms with E-state index in [1.807, 2.05) is 166 Å². The van der Waals surface area contributed by atoms with E-state index in [2.05, 4.69) is 31.9 Å². The molecular formula is C79H150N6O24. The standard InChI is InChI=1S/C79H150N6O24/c1-47(90)53(30-87)106-62(52(29-86)83-48(2)91)101-44-71(11,12)35-68(5,6)41-80-65(98)74(17,18)38-77(23,24)104-33-51(109-79(27,28)40-76(21,22)67(100)82-43-70(9,10)37-73(15,16)46-103-64-57(85-50(4)93)61(97)59(95)55(32-89)108-64)34-105-78(25,26)39-75(19,20)66(99)81-42-69(7,8)36-72(13,14)45-102-63-56(84-49(3)92)60(96)58(94)54(31-88)107-63/h47,51-64,86-90,94-97H,29-46H2,1-28H3,(H,80,98)(H,81,99)(H,82,100)(H,83,91)(H,84,92)(H,85,93)/t47-,51?,52+,53?,54?,55?,56?,57?,58?,59?,60?,61?,62?,63?,64?/m1/s1. The van der Waals surface area contributed by atoms with Crippen LogP contribution in [0.4, 0.5) is 0 Å². The van der Waals surface area contributed by atoms with E-state index in [4.69, 9.17) is 42.6 Å². The Morgan fingerprint density at radius 2 is 0.761 bits per heavy atom. The van der Waals surface area contributed by atoms with Crippen molar-refractivity contribution in [2.75, 3.05) is 79.1 Å². The minimum atomic E-state index is -1.46. The summed E-state index contributed by atoms with van der Waals surface area (Å²) >= 11 is 0. The molecule has 0 spiro atoms. The highest BCUT2D eigenvalue weighted by Gasteiger charge is 2.50. The van der Waals surface area contributed by atoms with Gasteiger partial charge in [0.15, 0.2) is 18.9 Å². The Morgan fingerprint density at radius 1 is 0.431 bits per heavy atom. The number of carbonyl (C=O) groups is 6. The lowest BCUT2D eigenvalue weighted by molar-refractivity contribution is -0.276. The van der Waals surface area contributed by atoms with Crippen LogP contribution in [0.5, 0.6) is 0 Å². The molecule has 0 aromatic rings. The van der Waals surface area contributed by atoms with Gasteiger partial charge in [-0.25, -0.2) is 0 Å². The number of rotatable bonds is 49. The summed E-state index contributed by atoms with van der Waals surface area (Å²) in [5, 5.41) is 110. The summed E-state index contributed by atoms with van der Waals surface area (Å²) in [7, 11) is 0. The van der Waals surface area contributed by atoms with Crippen LogP contribution in [0.25, 0.3) is 0 Å². The van der Waals surface area contributed by atoms with Crippen molar-refractivity contribution in [3.8, 4) is 0 Å². The van der Waals surface area contributed by atoms with Gasteiger partial charge in [0.2, 0.25) is 35.4 Å². The first kappa shape index (κ1) is 101. The minimum Gasteiger partial charge on any atom is -0.394 e. The lowest BCUT2D eigenvalue weighted by atomic mass is 9.75. The number of aliphatic hydroxyl groups excluding tert-OH is 9. The zero-order valence-corrected chi connectivity index (χ0v) is 71.5. The molecule has 6 amide bonds. The zero-order chi connectivity index (χ0) is 84.5. The number of carbonyl (C=O) groups excluding carboxylic acids is 6. The van der Waals surface area contributed by atoms with E-state index in [0.717, 1.165) is 0 Å². The van der Waals surface area contributed by atoms with Gasteiger partial charge in [-0.05, 0) is 119 Å². The highest BCUT2D eigenvalue weighted by molar-refractivity contribution is 5.83. The lowest BCUT2D eigenvalue weighted by Gasteiger charge is -2.43. The van der Waals surface area contributed by atoms with Crippen molar-refractivity contribution >= 4 is 35.4 Å². The molecule has 0 saturated carbocycles. The van der Waals surface area contributed by atoms with Gasteiger partial charge in [-0.15, -0.1) is 0 Å². The molecule has 2 fully saturated rings. The van der Waals surface area contributed by atoms with E-state index >= 15 is 0 Å². The van der Waals surface area contributed by atoms with E-state index in [9.17, 15) is 74.7 Å². The topological polar surface area (TPSA) is 440 Å². The SMILES string of the molecule is CC(=O)NC1C(OCC(C)(C)CC(C)(C)CNC(=O)C(C)(C)CC(C)(C)OCC(COC(C)(C)CC(C)(C)C(=O)NCC(C)(C)CC(C)(C)COC(OC(CO)[C@@H](C)O)[C@H](CO)NC(C)=O)OC(C)(C)CC(C)(C)C(=O)NCC(C)(C)CC(C)(C)COC2OC(CO)C(O)C(O)C2NC(C)=O)OC(CO)C(O)C1O. The number of hydrogen-bond donors (Lipinski definition) is 15. The molecule has 2 aliphatic heterocycles. The second kappa shape index (κ2) is 41.1. The molecule has 30 nitrogen and oxygen atoms in total. The van der Waals surface area contributed by atoms with Gasteiger partial charge in [-0.3, -0.25) is 28.8 Å². The number of aliphatic hydroxyl groups is 9. The summed E-state index contributed by atoms with van der Waals surface area (Å²) in [4.78, 5) is 79.3. The maximum Gasteiger partial charge on any atom is 0.225 e. The minimum absolute atomic E-state index is 0.00588. The summed E-state index contributed by atoms with van der Waals surface area (Å²) in [5.41, 5.74) is -8.87. The predicted octanol–water partition coefficient (Wildman–Crippen LogP) is 4.18. The predicted molar refractivity (Wildman–Crippen MR) is 410 cm³/mol. The molecule has 30 heteroatoms. The van der Waals surface area contributed by atoms with E-state index in [1.54, 1.807) is 0 Å². The number of nitrogens with one attached hydrogen (secondary N) is 6. The molecular weight excluding hydrogens is 1420 g/mol. The zero-order valence-electron chi connectivity index (χ0n) is 71.5. The van der Waals surface area contributed by atoms with Crippen molar-refractivity contribution in [1.29, 1.82) is 0 Å². The molecule has 13 unspecified atom stereocenters. The Morgan fingerprint density at radius 3 is 1.06 bits per heavy atom. The van der Waals surface area contributed by atoms with Crippen LogP contribution in [-0.4, -0.2) is 269 Å². The normalized spacial score (nSPS) is 23.4. The fraction of sp³-hybridized carbons (Fsp3) is 0.924. The molecule has 2 aliphatic rings. The number of ether oxygens (including phenoxy) is 9. The monoisotopic (exact) mass is 1570 g/mol. The van der Waals surface area contributed by atoms with Gasteiger partial charge in [0.1, 0.15) is 67.0 Å². The fourth-order valence-electron chi connectivity index (χ4n) is 16.0.